The molecule has 2 rings (SSSR count). The van der Waals surface area contributed by atoms with Crippen LogP contribution in [0, 0.1) is 0 Å². The van der Waals surface area contributed by atoms with Gasteiger partial charge >= 0.3 is 0 Å². The molecule has 0 atom stereocenters. The van der Waals surface area contributed by atoms with Crippen LogP contribution in [0.2, 0.25) is 0 Å². The van der Waals surface area contributed by atoms with Gasteiger partial charge in [-0.15, -0.1) is 11.3 Å². The number of ketones is 1. The van der Waals surface area contributed by atoms with Gasteiger partial charge in [0.1, 0.15) is 0 Å². The van der Waals surface area contributed by atoms with Crippen LogP contribution in [-0.4, -0.2) is 23.2 Å². The second-order valence-corrected chi connectivity index (χ2v) is 4.99. The van der Waals surface area contributed by atoms with E-state index in [-0.39, 0.29) is 18.7 Å². The first kappa shape index (κ1) is 14.0. The summed E-state index contributed by atoms with van der Waals surface area (Å²) in [6.45, 7) is -0.131. The van der Waals surface area contributed by atoms with E-state index in [2.05, 4.69) is 10.3 Å². The second kappa shape index (κ2) is 6.16. The fraction of sp³-hybridized carbons (Fsp3) is 0.154. The Balaban J connectivity index is 2.14. The van der Waals surface area contributed by atoms with E-state index in [9.17, 15) is 9.59 Å². The van der Waals surface area contributed by atoms with Crippen LogP contribution in [0.4, 0.5) is 10.8 Å². The number of amides is 1. The molecule has 1 amide bonds. The number of Topliss-reactive ketones (excluding diaryl/α,β-unsaturated/α-hetero) is 1. The molecule has 0 aliphatic heterocycles. The average molecular weight is 289 g/mol. The summed E-state index contributed by atoms with van der Waals surface area (Å²) in [7, 11) is 0. The van der Waals surface area contributed by atoms with E-state index >= 15 is 0 Å². The number of nitrogens with one attached hydrogen (secondary N) is 2. The highest BCUT2D eigenvalue weighted by Crippen LogP contribution is 2.19. The highest BCUT2D eigenvalue weighted by atomic mass is 32.1. The minimum atomic E-state index is -0.737. The van der Waals surface area contributed by atoms with Crippen molar-refractivity contribution in [3.63, 3.8) is 0 Å². The molecule has 7 heteroatoms. The zero-order chi connectivity index (χ0) is 14.5. The first-order chi connectivity index (χ1) is 9.56. The first-order valence-electron chi connectivity index (χ1n) is 5.86. The fourth-order valence-electron chi connectivity index (χ4n) is 1.72. The van der Waals surface area contributed by atoms with E-state index < -0.39 is 5.91 Å². The molecule has 0 aliphatic rings. The Morgan fingerprint density at radius 3 is 2.75 bits per heavy atom. The van der Waals surface area contributed by atoms with Crippen molar-refractivity contribution >= 4 is 33.8 Å². The molecule has 0 unspecified atom stereocenters. The Morgan fingerprint density at radius 1 is 1.35 bits per heavy atom. The van der Waals surface area contributed by atoms with Crippen molar-refractivity contribution in [1.82, 2.24) is 10.7 Å². The van der Waals surface area contributed by atoms with E-state index in [0.29, 0.717) is 22.1 Å². The van der Waals surface area contributed by atoms with E-state index in [1.54, 1.807) is 29.6 Å². The van der Waals surface area contributed by atoms with Crippen molar-refractivity contribution in [3.05, 3.63) is 40.9 Å². The molecule has 1 aromatic carbocycles. The number of hydrogen-bond acceptors (Lipinski definition) is 6. The van der Waals surface area contributed by atoms with Gasteiger partial charge < -0.3 is 11.1 Å². The molecule has 0 aliphatic carbocycles. The highest BCUT2D eigenvalue weighted by molar-refractivity contribution is 7.13. The third kappa shape index (κ3) is 3.55. The quantitative estimate of drug-likeness (QED) is 0.781. The lowest BCUT2D eigenvalue weighted by atomic mass is 10.0. The van der Waals surface area contributed by atoms with Gasteiger partial charge in [-0.1, -0.05) is 12.1 Å². The van der Waals surface area contributed by atoms with Gasteiger partial charge in [-0.25, -0.2) is 4.98 Å². The standard InChI is InChI=1S/C13H13N4O2S/c14-12(19)6-16-10-4-2-1-3-9(10)11(18)5-8-7-20-13(15)17-8/h1-4,7,14,16H,5-6H2,(H2,15,17). The Bertz CT molecular complexity index is 639. The van der Waals surface area contributed by atoms with E-state index in [4.69, 9.17) is 11.5 Å². The monoisotopic (exact) mass is 289 g/mol. The van der Waals surface area contributed by atoms with Crippen molar-refractivity contribution in [1.29, 1.82) is 0 Å². The minimum absolute atomic E-state index is 0.115. The predicted molar refractivity (Wildman–Crippen MR) is 77.6 cm³/mol. The van der Waals surface area contributed by atoms with Crippen LogP contribution in [0.1, 0.15) is 16.1 Å². The van der Waals surface area contributed by atoms with Crippen molar-refractivity contribution < 1.29 is 9.59 Å². The summed E-state index contributed by atoms with van der Waals surface area (Å²) in [5.74, 6) is -0.852. The van der Waals surface area contributed by atoms with E-state index in [0.717, 1.165) is 0 Å². The topological polar surface area (TPSA) is 109 Å². The number of aromatic nitrogens is 1. The maximum Gasteiger partial charge on any atom is 0.257 e. The molecule has 0 fully saturated rings. The number of carbonyl (C=O) groups is 2. The van der Waals surface area contributed by atoms with Crippen LogP contribution in [0.5, 0.6) is 0 Å². The van der Waals surface area contributed by atoms with Crippen LogP contribution >= 0.6 is 11.3 Å². The lowest BCUT2D eigenvalue weighted by Gasteiger charge is -2.09. The Hall–Kier alpha value is -2.41. The Morgan fingerprint density at radius 2 is 2.10 bits per heavy atom. The normalized spacial score (nSPS) is 10.2. The van der Waals surface area contributed by atoms with Gasteiger partial charge in [0.2, 0.25) is 0 Å². The van der Waals surface area contributed by atoms with Crippen molar-refractivity contribution in [2.75, 3.05) is 17.6 Å². The molecular weight excluding hydrogens is 276 g/mol. The third-order valence-electron chi connectivity index (χ3n) is 2.58. The van der Waals surface area contributed by atoms with Crippen LogP contribution in [-0.2, 0) is 11.2 Å². The molecule has 20 heavy (non-hydrogen) atoms. The zero-order valence-corrected chi connectivity index (χ0v) is 11.4. The van der Waals surface area contributed by atoms with Crippen LogP contribution in [0.15, 0.2) is 29.6 Å². The van der Waals surface area contributed by atoms with Gasteiger partial charge in [-0.2, -0.15) is 0 Å². The fourth-order valence-corrected chi connectivity index (χ4v) is 2.28. The summed E-state index contributed by atoms with van der Waals surface area (Å²) in [5, 5.41) is 4.96. The van der Waals surface area contributed by atoms with Gasteiger partial charge in [0, 0.05) is 16.6 Å². The van der Waals surface area contributed by atoms with Gasteiger partial charge in [-0.3, -0.25) is 15.3 Å². The second-order valence-electron chi connectivity index (χ2n) is 4.10. The molecule has 6 nitrogen and oxygen atoms in total. The van der Waals surface area contributed by atoms with Crippen molar-refractivity contribution in [3.8, 4) is 0 Å². The molecule has 103 valence electrons. The Kier molecular flexibility index (Phi) is 4.31. The third-order valence-corrected chi connectivity index (χ3v) is 3.30. The number of para-hydroxylation sites is 1. The largest absolute Gasteiger partial charge is 0.376 e. The summed E-state index contributed by atoms with van der Waals surface area (Å²) >= 11 is 1.29. The van der Waals surface area contributed by atoms with E-state index in [1.807, 2.05) is 0 Å². The number of thiazole rings is 1. The van der Waals surface area contributed by atoms with Crippen LogP contribution in [0.3, 0.4) is 0 Å². The number of nitrogen functional groups attached to an aromatic ring is 1. The maximum absolute atomic E-state index is 12.2. The molecule has 1 aromatic heterocycles. The number of rotatable bonds is 6. The molecule has 0 saturated carbocycles. The van der Waals surface area contributed by atoms with Crippen LogP contribution in [0.25, 0.3) is 0 Å². The number of nitrogens with zero attached hydrogens (tertiary/aromatic N) is 1. The molecule has 1 radical (unpaired) electrons. The molecule has 4 N–H and O–H groups in total. The Labute approximate surface area is 119 Å². The lowest BCUT2D eigenvalue weighted by Crippen LogP contribution is -2.16. The minimum Gasteiger partial charge on any atom is -0.376 e. The van der Waals surface area contributed by atoms with Gasteiger partial charge in [0.05, 0.1) is 18.7 Å². The summed E-state index contributed by atoms with van der Waals surface area (Å²) < 4.78 is 0. The molecule has 0 bridgehead atoms. The predicted octanol–water partition coefficient (Wildman–Crippen LogP) is 1.37. The summed E-state index contributed by atoms with van der Waals surface area (Å²) in [6, 6.07) is 6.88. The SMILES string of the molecule is [NH]C(=O)CNc1ccccc1C(=O)Cc1csc(N)n1. The number of carbonyl (C=O) groups excluding carboxylic acids is 2. The number of anilines is 2. The molecule has 1 heterocycles. The van der Waals surface area contributed by atoms with Crippen molar-refractivity contribution in [2.45, 2.75) is 6.42 Å². The van der Waals surface area contributed by atoms with Gasteiger partial charge in [0.15, 0.2) is 10.9 Å². The lowest BCUT2D eigenvalue weighted by molar-refractivity contribution is -0.117. The molecule has 2 aromatic rings. The summed E-state index contributed by atoms with van der Waals surface area (Å²) in [6.07, 6.45) is 0.154. The first-order valence-corrected chi connectivity index (χ1v) is 6.74. The molecule has 0 spiro atoms. The molecular formula is C13H13N4O2S. The summed E-state index contributed by atoms with van der Waals surface area (Å²) in [5.41, 5.74) is 14.1. The van der Waals surface area contributed by atoms with E-state index in [1.165, 1.54) is 11.3 Å². The number of hydrogen-bond donors (Lipinski definition) is 2. The smallest absolute Gasteiger partial charge is 0.257 e. The van der Waals surface area contributed by atoms with Crippen LogP contribution < -0.4 is 16.8 Å². The summed E-state index contributed by atoms with van der Waals surface area (Å²) in [4.78, 5) is 27.0. The maximum atomic E-state index is 12.2. The van der Waals surface area contributed by atoms with Gasteiger partial charge in [0.25, 0.3) is 5.91 Å². The number of benzene rings is 1. The number of nitrogens with two attached hydrogens (primary N) is 1. The average Bonchev–Trinajstić information content (AvgIpc) is 2.82. The van der Waals surface area contributed by atoms with Gasteiger partial charge in [-0.05, 0) is 12.1 Å². The van der Waals surface area contributed by atoms with Crippen molar-refractivity contribution in [2.24, 2.45) is 0 Å². The highest BCUT2D eigenvalue weighted by Gasteiger charge is 2.13. The molecule has 0 saturated heterocycles. The zero-order valence-electron chi connectivity index (χ0n) is 10.6.